The van der Waals surface area contributed by atoms with Gasteiger partial charge in [-0.2, -0.15) is 0 Å². The van der Waals surface area contributed by atoms with Crippen molar-refractivity contribution in [3.05, 3.63) is 170 Å². The predicted molar refractivity (Wildman–Crippen MR) is 217 cm³/mol. The molecule has 4 heteroatoms. The van der Waals surface area contributed by atoms with Crippen LogP contribution in [0.1, 0.15) is 0 Å². The summed E-state index contributed by atoms with van der Waals surface area (Å²) in [7, 11) is 0. The molecule has 0 saturated carbocycles. The van der Waals surface area contributed by atoms with Crippen molar-refractivity contribution in [2.24, 2.45) is 0 Å². The number of fused-ring (bicyclic) bond motifs is 13. The topological polar surface area (TPSA) is 35.1 Å². The van der Waals surface area contributed by atoms with E-state index in [0.29, 0.717) is 5.95 Å². The van der Waals surface area contributed by atoms with Gasteiger partial charge in [-0.1, -0.05) is 140 Å². The summed E-state index contributed by atoms with van der Waals surface area (Å²) in [5.41, 5.74) is 11.2. The molecule has 8 aromatic carbocycles. The van der Waals surface area contributed by atoms with Gasteiger partial charge in [0, 0.05) is 43.3 Å². The number of hydrogen-bond acceptors (Lipinski definition) is 2. The second kappa shape index (κ2) is 10.3. The van der Waals surface area contributed by atoms with Crippen LogP contribution in [0.5, 0.6) is 0 Å². The van der Waals surface area contributed by atoms with Crippen molar-refractivity contribution in [1.29, 1.82) is 0 Å². The first kappa shape index (κ1) is 27.7. The van der Waals surface area contributed by atoms with Gasteiger partial charge in [0.15, 0.2) is 0 Å². The van der Waals surface area contributed by atoms with E-state index >= 15 is 0 Å². The highest BCUT2D eigenvalue weighted by atomic mass is 15.2. The van der Waals surface area contributed by atoms with Crippen LogP contribution in [0.15, 0.2) is 170 Å². The van der Waals surface area contributed by atoms with Crippen molar-refractivity contribution in [2.75, 3.05) is 0 Å². The van der Waals surface area contributed by atoms with Crippen LogP contribution >= 0.6 is 0 Å². The van der Waals surface area contributed by atoms with Gasteiger partial charge in [0.05, 0.1) is 38.8 Å². The van der Waals surface area contributed by atoms with E-state index in [1.807, 2.05) is 0 Å². The van der Waals surface area contributed by atoms with Gasteiger partial charge < -0.3 is 4.40 Å². The maximum Gasteiger partial charge on any atom is 0.235 e. The van der Waals surface area contributed by atoms with E-state index in [1.165, 1.54) is 70.8 Å². The van der Waals surface area contributed by atoms with Crippen LogP contribution in [0.25, 0.3) is 110 Å². The molecule has 0 spiro atoms. The van der Waals surface area contributed by atoms with Crippen molar-refractivity contribution in [3.8, 4) is 28.3 Å². The average molecular weight is 661 g/mol. The minimum absolute atomic E-state index is 0.665. The Morgan fingerprint density at radius 1 is 0.365 bits per heavy atom. The number of nitrogens with zero attached hydrogens (tertiary/aromatic N) is 4. The summed E-state index contributed by atoms with van der Waals surface area (Å²) in [5, 5.41) is 10.9. The molecule has 0 saturated heterocycles. The zero-order valence-electron chi connectivity index (χ0n) is 28.0. The molecule has 0 aliphatic rings. The molecule has 12 aromatic rings. The highest BCUT2D eigenvalue weighted by molar-refractivity contribution is 6.38. The minimum atomic E-state index is 0.665. The van der Waals surface area contributed by atoms with Gasteiger partial charge in [-0.25, -0.2) is 9.97 Å². The largest absolute Gasteiger partial charge is 0.308 e. The summed E-state index contributed by atoms with van der Waals surface area (Å²) in [6, 6.07) is 60.9. The third-order valence-corrected chi connectivity index (χ3v) is 11.0. The fraction of sp³-hybridized carbons (Fsp3) is 0. The molecular formula is C48H28N4. The lowest BCUT2D eigenvalue weighted by molar-refractivity contribution is 1.01. The zero-order valence-corrected chi connectivity index (χ0v) is 28.0. The molecule has 4 heterocycles. The Hall–Kier alpha value is -7.04. The highest BCUT2D eigenvalue weighted by Crippen LogP contribution is 2.48. The maximum absolute atomic E-state index is 5.49. The van der Waals surface area contributed by atoms with E-state index in [4.69, 9.17) is 9.97 Å². The molecule has 240 valence electrons. The molecule has 4 nitrogen and oxygen atoms in total. The number of benzene rings is 8. The second-order valence-electron chi connectivity index (χ2n) is 13.8. The van der Waals surface area contributed by atoms with Gasteiger partial charge >= 0.3 is 0 Å². The second-order valence-corrected chi connectivity index (χ2v) is 13.8. The van der Waals surface area contributed by atoms with Crippen LogP contribution in [0, 0.1) is 0 Å². The minimum Gasteiger partial charge on any atom is -0.308 e. The van der Waals surface area contributed by atoms with E-state index in [9.17, 15) is 0 Å². The Morgan fingerprint density at radius 3 is 1.83 bits per heavy atom. The zero-order chi connectivity index (χ0) is 33.9. The van der Waals surface area contributed by atoms with E-state index in [1.54, 1.807) is 0 Å². The van der Waals surface area contributed by atoms with E-state index < -0.39 is 0 Å². The molecule has 0 amide bonds. The number of hydrogen-bond donors (Lipinski definition) is 0. The van der Waals surface area contributed by atoms with Crippen molar-refractivity contribution >= 4 is 81.6 Å². The summed E-state index contributed by atoms with van der Waals surface area (Å²) in [4.78, 5) is 10.8. The van der Waals surface area contributed by atoms with Crippen LogP contribution < -0.4 is 0 Å². The summed E-state index contributed by atoms with van der Waals surface area (Å²) < 4.78 is 4.78. The normalized spacial score (nSPS) is 12.2. The maximum atomic E-state index is 5.49. The Bertz CT molecular complexity index is 3390. The molecule has 0 bridgehead atoms. The molecule has 52 heavy (non-hydrogen) atoms. The highest BCUT2D eigenvalue weighted by Gasteiger charge is 2.26. The molecule has 12 rings (SSSR count). The summed E-state index contributed by atoms with van der Waals surface area (Å²) in [6.45, 7) is 0. The van der Waals surface area contributed by atoms with E-state index in [2.05, 4.69) is 179 Å². The summed E-state index contributed by atoms with van der Waals surface area (Å²) in [5.74, 6) is 0.665. The molecule has 0 N–H and O–H groups in total. The number of para-hydroxylation sites is 3. The predicted octanol–water partition coefficient (Wildman–Crippen LogP) is 12.4. The van der Waals surface area contributed by atoms with Gasteiger partial charge in [-0.05, 0) is 52.2 Å². The third-order valence-electron chi connectivity index (χ3n) is 11.0. The number of rotatable bonds is 3. The molecule has 0 aliphatic heterocycles. The first-order valence-electron chi connectivity index (χ1n) is 17.8. The van der Waals surface area contributed by atoms with Crippen molar-refractivity contribution in [1.82, 2.24) is 18.9 Å². The molecule has 0 unspecified atom stereocenters. The first-order chi connectivity index (χ1) is 25.8. The average Bonchev–Trinajstić information content (AvgIpc) is 3.85. The molecular weight excluding hydrogens is 633 g/mol. The van der Waals surface area contributed by atoms with Crippen LogP contribution in [0.4, 0.5) is 0 Å². The summed E-state index contributed by atoms with van der Waals surface area (Å²) >= 11 is 0. The quantitative estimate of drug-likeness (QED) is 0.189. The fourth-order valence-electron chi connectivity index (χ4n) is 8.82. The lowest BCUT2D eigenvalue weighted by Crippen LogP contribution is -2.03. The van der Waals surface area contributed by atoms with Gasteiger partial charge in [0.25, 0.3) is 0 Å². The Labute approximate surface area is 297 Å². The van der Waals surface area contributed by atoms with Crippen molar-refractivity contribution in [2.45, 2.75) is 0 Å². The van der Waals surface area contributed by atoms with Crippen LogP contribution in [-0.4, -0.2) is 18.9 Å². The van der Waals surface area contributed by atoms with Crippen LogP contribution in [0.3, 0.4) is 0 Å². The van der Waals surface area contributed by atoms with Gasteiger partial charge in [-0.3, -0.25) is 4.57 Å². The molecule has 0 fully saturated rings. The molecule has 0 aliphatic carbocycles. The SMILES string of the molecule is c1ccc(-c2ccc(-c3nc(-n4c5ccc6ccccc6c5c5c6c7ccccc7n7c8ccccc8c(cc54)c67)nc4ccccc34)cc2)cc1. The lowest BCUT2D eigenvalue weighted by Gasteiger charge is -2.12. The van der Waals surface area contributed by atoms with E-state index in [-0.39, 0.29) is 0 Å². The molecule has 4 aromatic heterocycles. The van der Waals surface area contributed by atoms with E-state index in [0.717, 1.165) is 33.2 Å². The monoisotopic (exact) mass is 660 g/mol. The Morgan fingerprint density at radius 2 is 1.00 bits per heavy atom. The fourth-order valence-corrected chi connectivity index (χ4v) is 8.82. The Kier molecular flexibility index (Phi) is 5.47. The van der Waals surface area contributed by atoms with Crippen LogP contribution in [0.2, 0.25) is 0 Å². The smallest absolute Gasteiger partial charge is 0.235 e. The van der Waals surface area contributed by atoms with Crippen LogP contribution in [-0.2, 0) is 0 Å². The van der Waals surface area contributed by atoms with Gasteiger partial charge in [-0.15, -0.1) is 0 Å². The van der Waals surface area contributed by atoms with Gasteiger partial charge in [0.1, 0.15) is 0 Å². The first-order valence-corrected chi connectivity index (χ1v) is 17.8. The van der Waals surface area contributed by atoms with Crippen molar-refractivity contribution in [3.63, 3.8) is 0 Å². The molecule has 0 atom stereocenters. The lowest BCUT2D eigenvalue weighted by atomic mass is 9.99. The number of aromatic nitrogens is 4. The summed E-state index contributed by atoms with van der Waals surface area (Å²) in [6.07, 6.45) is 0. The molecule has 0 radical (unpaired) electrons. The standard InChI is InChI=1S/C48H28N4/c1-2-12-29(13-3-1)30-22-24-32(25-23-30)46-35-17-6-9-19-38(35)49-48(50-46)52-41-27-26-31-14-4-5-15-33(31)43(41)45-42(52)28-37-34-16-7-10-20-39(34)51-40-21-11-8-18-36(40)44(45)47(37)51/h1-28H. The Balaban J connectivity index is 1.25. The van der Waals surface area contributed by atoms with Crippen molar-refractivity contribution < 1.29 is 0 Å². The van der Waals surface area contributed by atoms with Gasteiger partial charge in [0.2, 0.25) is 5.95 Å². The third kappa shape index (κ3) is 3.65.